The van der Waals surface area contributed by atoms with Crippen molar-refractivity contribution in [3.63, 3.8) is 0 Å². The first-order valence-corrected chi connectivity index (χ1v) is 7.79. The molecule has 1 aromatic heterocycles. The van der Waals surface area contributed by atoms with Crippen molar-refractivity contribution >= 4 is 33.8 Å². The lowest BCUT2D eigenvalue weighted by molar-refractivity contribution is -0.384. The van der Waals surface area contributed by atoms with E-state index in [1.807, 2.05) is 17.5 Å². The molecule has 1 amide bonds. The minimum atomic E-state index is -0.510. The zero-order valence-electron chi connectivity index (χ0n) is 12.3. The standard InChI is InChI=1S/C16H12N4O3S/c17-16-19-14(9-24-16)12-3-1-2-4-13(12)18-15(21)10-5-7-11(8-6-10)20(22)23/h1-9H,(H2,17,19)(H,18,21). The number of thiazole rings is 1. The summed E-state index contributed by atoms with van der Waals surface area (Å²) < 4.78 is 0. The van der Waals surface area contributed by atoms with Crippen LogP contribution < -0.4 is 11.1 Å². The highest BCUT2D eigenvalue weighted by Gasteiger charge is 2.13. The smallest absolute Gasteiger partial charge is 0.269 e. The van der Waals surface area contributed by atoms with Crippen molar-refractivity contribution in [1.29, 1.82) is 0 Å². The Balaban J connectivity index is 1.86. The molecule has 0 aliphatic heterocycles. The summed E-state index contributed by atoms with van der Waals surface area (Å²) in [6.45, 7) is 0. The number of nitrogens with two attached hydrogens (primary N) is 1. The third-order valence-electron chi connectivity index (χ3n) is 3.31. The average molecular weight is 340 g/mol. The zero-order valence-corrected chi connectivity index (χ0v) is 13.1. The largest absolute Gasteiger partial charge is 0.375 e. The second kappa shape index (κ2) is 6.47. The lowest BCUT2D eigenvalue weighted by atomic mass is 10.1. The van der Waals surface area contributed by atoms with E-state index in [-0.39, 0.29) is 11.6 Å². The number of nitro groups is 1. The first kappa shape index (κ1) is 15.6. The number of amides is 1. The van der Waals surface area contributed by atoms with Crippen LogP contribution in [0.5, 0.6) is 0 Å². The summed E-state index contributed by atoms with van der Waals surface area (Å²) in [6, 6.07) is 12.6. The maximum absolute atomic E-state index is 12.4. The number of nitrogen functional groups attached to an aromatic ring is 1. The van der Waals surface area contributed by atoms with Crippen molar-refractivity contribution in [2.24, 2.45) is 0 Å². The Kier molecular flexibility index (Phi) is 4.21. The van der Waals surface area contributed by atoms with Gasteiger partial charge < -0.3 is 11.1 Å². The number of benzene rings is 2. The van der Waals surface area contributed by atoms with Crippen molar-refractivity contribution in [2.45, 2.75) is 0 Å². The maximum Gasteiger partial charge on any atom is 0.269 e. The monoisotopic (exact) mass is 340 g/mol. The molecule has 0 radical (unpaired) electrons. The van der Waals surface area contributed by atoms with E-state index in [0.29, 0.717) is 22.1 Å². The topological polar surface area (TPSA) is 111 Å². The molecule has 24 heavy (non-hydrogen) atoms. The Morgan fingerprint density at radius 2 is 1.88 bits per heavy atom. The lowest BCUT2D eigenvalue weighted by Gasteiger charge is -2.09. The van der Waals surface area contributed by atoms with Gasteiger partial charge in [0.25, 0.3) is 11.6 Å². The van der Waals surface area contributed by atoms with E-state index < -0.39 is 4.92 Å². The highest BCUT2D eigenvalue weighted by molar-refractivity contribution is 7.13. The van der Waals surface area contributed by atoms with Gasteiger partial charge in [0.1, 0.15) is 0 Å². The fraction of sp³-hybridized carbons (Fsp3) is 0. The van der Waals surface area contributed by atoms with Gasteiger partial charge in [-0.1, -0.05) is 18.2 Å². The Morgan fingerprint density at radius 1 is 1.17 bits per heavy atom. The van der Waals surface area contributed by atoms with Crippen molar-refractivity contribution in [3.05, 3.63) is 69.6 Å². The van der Waals surface area contributed by atoms with Gasteiger partial charge in [0, 0.05) is 28.6 Å². The highest BCUT2D eigenvalue weighted by atomic mass is 32.1. The summed E-state index contributed by atoms with van der Waals surface area (Å²) in [5, 5.41) is 15.7. The van der Waals surface area contributed by atoms with Crippen LogP contribution >= 0.6 is 11.3 Å². The third-order valence-corrected chi connectivity index (χ3v) is 3.99. The van der Waals surface area contributed by atoms with Crippen LogP contribution in [0.4, 0.5) is 16.5 Å². The number of anilines is 2. The average Bonchev–Trinajstić information content (AvgIpc) is 3.01. The van der Waals surface area contributed by atoms with Crippen molar-refractivity contribution < 1.29 is 9.72 Å². The van der Waals surface area contributed by atoms with E-state index in [1.165, 1.54) is 35.6 Å². The molecule has 7 nitrogen and oxygen atoms in total. The van der Waals surface area contributed by atoms with E-state index in [2.05, 4.69) is 10.3 Å². The Hall–Kier alpha value is -3.26. The molecule has 2 aromatic carbocycles. The van der Waals surface area contributed by atoms with Gasteiger partial charge in [-0.25, -0.2) is 4.98 Å². The molecule has 0 aliphatic carbocycles. The predicted octanol–water partition coefficient (Wildman–Crippen LogP) is 3.55. The van der Waals surface area contributed by atoms with Gasteiger partial charge in [0.05, 0.1) is 16.3 Å². The van der Waals surface area contributed by atoms with Crippen LogP contribution in [0.2, 0.25) is 0 Å². The van der Waals surface area contributed by atoms with E-state index in [1.54, 1.807) is 12.1 Å². The van der Waals surface area contributed by atoms with Gasteiger partial charge in [-0.3, -0.25) is 14.9 Å². The van der Waals surface area contributed by atoms with Gasteiger partial charge in [0.2, 0.25) is 0 Å². The Bertz CT molecular complexity index is 906. The summed E-state index contributed by atoms with van der Waals surface area (Å²) in [4.78, 5) is 26.7. The molecule has 0 aliphatic rings. The molecule has 8 heteroatoms. The third kappa shape index (κ3) is 3.23. The predicted molar refractivity (Wildman–Crippen MR) is 93.0 cm³/mol. The van der Waals surface area contributed by atoms with Crippen LogP contribution in [0.3, 0.4) is 0 Å². The molecule has 120 valence electrons. The Morgan fingerprint density at radius 3 is 2.50 bits per heavy atom. The molecular weight excluding hydrogens is 328 g/mol. The molecular formula is C16H12N4O3S. The molecule has 0 unspecified atom stereocenters. The number of carbonyl (C=O) groups excluding carboxylic acids is 1. The number of nitrogens with one attached hydrogen (secondary N) is 1. The molecule has 0 saturated heterocycles. The molecule has 0 atom stereocenters. The summed E-state index contributed by atoms with van der Waals surface area (Å²) in [7, 11) is 0. The van der Waals surface area contributed by atoms with Crippen LogP contribution in [0, 0.1) is 10.1 Å². The number of hydrogen-bond acceptors (Lipinski definition) is 6. The van der Waals surface area contributed by atoms with Crippen LogP contribution in [-0.4, -0.2) is 15.8 Å². The molecule has 3 aromatic rings. The fourth-order valence-corrected chi connectivity index (χ4v) is 2.72. The molecule has 1 heterocycles. The summed E-state index contributed by atoms with van der Waals surface area (Å²) in [5.41, 5.74) is 7.94. The number of nitro benzene ring substituents is 1. The fourth-order valence-electron chi connectivity index (χ4n) is 2.16. The Labute approximate surface area is 140 Å². The van der Waals surface area contributed by atoms with Gasteiger partial charge in [-0.2, -0.15) is 0 Å². The van der Waals surface area contributed by atoms with Gasteiger partial charge in [-0.15, -0.1) is 11.3 Å². The second-order valence-corrected chi connectivity index (χ2v) is 5.76. The van der Waals surface area contributed by atoms with Crippen LogP contribution in [-0.2, 0) is 0 Å². The van der Waals surface area contributed by atoms with Gasteiger partial charge in [0.15, 0.2) is 5.13 Å². The number of rotatable bonds is 4. The number of nitrogens with zero attached hydrogens (tertiary/aromatic N) is 2. The number of carbonyl (C=O) groups is 1. The molecule has 3 N–H and O–H groups in total. The zero-order chi connectivity index (χ0) is 17.1. The number of para-hydroxylation sites is 1. The van der Waals surface area contributed by atoms with Crippen molar-refractivity contribution in [2.75, 3.05) is 11.1 Å². The summed E-state index contributed by atoms with van der Waals surface area (Å²) in [5.74, 6) is -0.361. The van der Waals surface area contributed by atoms with E-state index in [4.69, 9.17) is 5.73 Å². The second-order valence-electron chi connectivity index (χ2n) is 4.87. The number of aromatic nitrogens is 1. The molecule has 0 spiro atoms. The van der Waals surface area contributed by atoms with Crippen molar-refractivity contribution in [1.82, 2.24) is 4.98 Å². The quantitative estimate of drug-likeness (QED) is 0.557. The summed E-state index contributed by atoms with van der Waals surface area (Å²) in [6.07, 6.45) is 0. The SMILES string of the molecule is Nc1nc(-c2ccccc2NC(=O)c2ccc([N+](=O)[O-])cc2)cs1. The van der Waals surface area contributed by atoms with Gasteiger partial charge >= 0.3 is 0 Å². The van der Waals surface area contributed by atoms with Crippen LogP contribution in [0.15, 0.2) is 53.9 Å². The lowest BCUT2D eigenvalue weighted by Crippen LogP contribution is -2.12. The number of non-ortho nitro benzene ring substituents is 1. The minimum absolute atomic E-state index is 0.0649. The first-order chi connectivity index (χ1) is 11.5. The molecule has 3 rings (SSSR count). The minimum Gasteiger partial charge on any atom is -0.375 e. The van der Waals surface area contributed by atoms with Gasteiger partial charge in [-0.05, 0) is 18.2 Å². The highest BCUT2D eigenvalue weighted by Crippen LogP contribution is 2.30. The van der Waals surface area contributed by atoms with Crippen LogP contribution in [0.1, 0.15) is 10.4 Å². The summed E-state index contributed by atoms with van der Waals surface area (Å²) >= 11 is 1.32. The van der Waals surface area contributed by atoms with E-state index >= 15 is 0 Å². The van der Waals surface area contributed by atoms with Crippen molar-refractivity contribution in [3.8, 4) is 11.3 Å². The van der Waals surface area contributed by atoms with E-state index in [0.717, 1.165) is 5.56 Å². The molecule has 0 bridgehead atoms. The molecule has 0 fully saturated rings. The normalized spacial score (nSPS) is 10.3. The maximum atomic E-state index is 12.4. The van der Waals surface area contributed by atoms with Crippen LogP contribution in [0.25, 0.3) is 11.3 Å². The first-order valence-electron chi connectivity index (χ1n) is 6.91. The molecule has 0 saturated carbocycles. The number of hydrogen-bond donors (Lipinski definition) is 2. The van der Waals surface area contributed by atoms with E-state index in [9.17, 15) is 14.9 Å².